The van der Waals surface area contributed by atoms with Gasteiger partial charge in [0.05, 0.1) is 0 Å². The Kier molecular flexibility index (Phi) is 3.78. The number of nitrogens with one attached hydrogen (secondary N) is 1. The first-order chi connectivity index (χ1) is 7.39. The molecule has 5 heteroatoms. The van der Waals surface area contributed by atoms with Gasteiger partial charge < -0.3 is 15.3 Å². The molecule has 1 aliphatic rings. The Morgan fingerprint density at radius 3 is 2.38 bits per heavy atom. The Labute approximate surface area is 95.8 Å². The first-order valence-electron chi connectivity index (χ1n) is 5.68. The molecule has 2 amide bonds. The highest BCUT2D eigenvalue weighted by Gasteiger charge is 2.37. The Bertz CT molecular complexity index is 285. The van der Waals surface area contributed by atoms with E-state index >= 15 is 0 Å². The van der Waals surface area contributed by atoms with Gasteiger partial charge in [0, 0.05) is 13.1 Å². The van der Waals surface area contributed by atoms with Crippen molar-refractivity contribution in [3.05, 3.63) is 0 Å². The molecule has 0 aromatic carbocycles. The molecule has 92 valence electrons. The lowest BCUT2D eigenvalue weighted by atomic mass is 10.0. The fraction of sp³-hybridized carbons (Fsp3) is 0.818. The summed E-state index contributed by atoms with van der Waals surface area (Å²) in [5, 5.41) is 11.8. The number of carboxylic acid groups (broad SMARTS) is 1. The number of hydrogen-bond acceptors (Lipinski definition) is 2. The zero-order valence-corrected chi connectivity index (χ0v) is 10.1. The summed E-state index contributed by atoms with van der Waals surface area (Å²) in [6.45, 7) is 5.90. The summed E-state index contributed by atoms with van der Waals surface area (Å²) < 4.78 is 0. The summed E-state index contributed by atoms with van der Waals surface area (Å²) in [6, 6.07) is -0.290. The molecule has 0 saturated heterocycles. The molecule has 0 radical (unpaired) electrons. The van der Waals surface area contributed by atoms with Gasteiger partial charge in [0.25, 0.3) is 0 Å². The highest BCUT2D eigenvalue weighted by Crippen LogP contribution is 2.27. The first kappa shape index (κ1) is 12.8. The second kappa shape index (κ2) is 4.72. The SMILES string of the molecule is CCN(C(=O)NCC1CC1)C(C)(C)C(=O)O. The molecule has 2 N–H and O–H groups in total. The lowest BCUT2D eigenvalue weighted by Gasteiger charge is -2.34. The number of carbonyl (C=O) groups excluding carboxylic acids is 1. The molecule has 1 fully saturated rings. The van der Waals surface area contributed by atoms with Gasteiger partial charge in [0.15, 0.2) is 0 Å². The van der Waals surface area contributed by atoms with E-state index in [1.54, 1.807) is 6.92 Å². The number of likely N-dealkylation sites (N-methyl/N-ethyl adjacent to an activating group) is 1. The van der Waals surface area contributed by atoms with E-state index in [0.717, 1.165) is 12.8 Å². The molecule has 1 rings (SSSR count). The largest absolute Gasteiger partial charge is 0.480 e. The van der Waals surface area contributed by atoms with Crippen molar-refractivity contribution in [1.29, 1.82) is 0 Å². The van der Waals surface area contributed by atoms with Gasteiger partial charge in [-0.25, -0.2) is 9.59 Å². The molecule has 0 aromatic heterocycles. The van der Waals surface area contributed by atoms with Crippen LogP contribution in [0.1, 0.15) is 33.6 Å². The van der Waals surface area contributed by atoms with Crippen molar-refractivity contribution in [2.75, 3.05) is 13.1 Å². The van der Waals surface area contributed by atoms with Gasteiger partial charge >= 0.3 is 12.0 Å². The summed E-state index contributed by atoms with van der Waals surface area (Å²) in [5.74, 6) is -0.397. The maximum absolute atomic E-state index is 11.8. The second-order valence-electron chi connectivity index (χ2n) is 4.74. The summed E-state index contributed by atoms with van der Waals surface area (Å²) in [4.78, 5) is 24.2. The fourth-order valence-electron chi connectivity index (χ4n) is 1.56. The van der Waals surface area contributed by atoms with Crippen molar-refractivity contribution in [2.45, 2.75) is 39.2 Å². The van der Waals surface area contributed by atoms with Crippen molar-refractivity contribution in [3.8, 4) is 0 Å². The number of carbonyl (C=O) groups is 2. The highest BCUT2D eigenvalue weighted by molar-refractivity contribution is 5.85. The van der Waals surface area contributed by atoms with Crippen molar-refractivity contribution in [3.63, 3.8) is 0 Å². The Morgan fingerprint density at radius 2 is 2.00 bits per heavy atom. The van der Waals surface area contributed by atoms with Crippen LogP contribution in [0.5, 0.6) is 0 Å². The lowest BCUT2D eigenvalue weighted by molar-refractivity contribution is -0.147. The van der Waals surface area contributed by atoms with Crippen LogP contribution < -0.4 is 5.32 Å². The average Bonchev–Trinajstić information content (AvgIpc) is 2.98. The number of aliphatic carboxylic acids is 1. The number of carboxylic acids is 1. The topological polar surface area (TPSA) is 69.6 Å². The van der Waals surface area contributed by atoms with Crippen LogP contribution in [0.3, 0.4) is 0 Å². The summed E-state index contributed by atoms with van der Waals surface area (Å²) in [6.07, 6.45) is 2.32. The molecule has 0 aromatic rings. The van der Waals surface area contributed by atoms with Crippen molar-refractivity contribution < 1.29 is 14.7 Å². The van der Waals surface area contributed by atoms with Crippen molar-refractivity contribution in [2.24, 2.45) is 5.92 Å². The first-order valence-corrected chi connectivity index (χ1v) is 5.68. The zero-order chi connectivity index (χ0) is 12.3. The van der Waals surface area contributed by atoms with Crippen LogP contribution in [0.25, 0.3) is 0 Å². The highest BCUT2D eigenvalue weighted by atomic mass is 16.4. The van der Waals surface area contributed by atoms with Crippen molar-refractivity contribution in [1.82, 2.24) is 10.2 Å². The average molecular weight is 228 g/mol. The van der Waals surface area contributed by atoms with Crippen LogP contribution in [-0.4, -0.2) is 40.6 Å². The van der Waals surface area contributed by atoms with Gasteiger partial charge in [-0.3, -0.25) is 0 Å². The molecule has 1 aliphatic carbocycles. The van der Waals surface area contributed by atoms with E-state index in [9.17, 15) is 9.59 Å². The van der Waals surface area contributed by atoms with Gasteiger partial charge in [0.2, 0.25) is 0 Å². The van der Waals surface area contributed by atoms with E-state index in [-0.39, 0.29) is 6.03 Å². The Morgan fingerprint density at radius 1 is 1.44 bits per heavy atom. The summed E-state index contributed by atoms with van der Waals surface area (Å²) >= 11 is 0. The third-order valence-corrected chi connectivity index (χ3v) is 3.00. The van der Waals surface area contributed by atoms with Crippen LogP contribution >= 0.6 is 0 Å². The molecule has 16 heavy (non-hydrogen) atoms. The molecule has 1 saturated carbocycles. The molecule has 0 aliphatic heterocycles. The minimum atomic E-state index is -1.16. The molecule has 0 bridgehead atoms. The predicted molar refractivity (Wildman–Crippen MR) is 60.2 cm³/mol. The van der Waals surface area contributed by atoms with E-state index < -0.39 is 11.5 Å². The minimum Gasteiger partial charge on any atom is -0.480 e. The van der Waals surface area contributed by atoms with Gasteiger partial charge in [-0.1, -0.05) is 0 Å². The van der Waals surface area contributed by atoms with Gasteiger partial charge in [-0.2, -0.15) is 0 Å². The van der Waals surface area contributed by atoms with E-state index in [0.29, 0.717) is 19.0 Å². The number of nitrogens with zero attached hydrogens (tertiary/aromatic N) is 1. The maximum Gasteiger partial charge on any atom is 0.329 e. The van der Waals surface area contributed by atoms with Crippen LogP contribution in [-0.2, 0) is 4.79 Å². The lowest BCUT2D eigenvalue weighted by Crippen LogP contribution is -2.56. The van der Waals surface area contributed by atoms with Gasteiger partial charge in [0.1, 0.15) is 5.54 Å². The van der Waals surface area contributed by atoms with Gasteiger partial charge in [-0.05, 0) is 39.5 Å². The Balaban J connectivity index is 2.56. The monoisotopic (exact) mass is 228 g/mol. The molecular formula is C11H20N2O3. The van der Waals surface area contributed by atoms with Crippen LogP contribution in [0.2, 0.25) is 0 Å². The van der Waals surface area contributed by atoms with E-state index in [4.69, 9.17) is 5.11 Å². The van der Waals surface area contributed by atoms with Crippen LogP contribution in [0, 0.1) is 5.92 Å². The number of rotatable bonds is 5. The smallest absolute Gasteiger partial charge is 0.329 e. The molecule has 0 heterocycles. The number of amides is 2. The molecule has 0 spiro atoms. The molecule has 0 unspecified atom stereocenters. The minimum absolute atomic E-state index is 0.290. The zero-order valence-electron chi connectivity index (χ0n) is 10.1. The van der Waals surface area contributed by atoms with Gasteiger partial charge in [-0.15, -0.1) is 0 Å². The molecule has 5 nitrogen and oxygen atoms in total. The number of urea groups is 1. The second-order valence-corrected chi connectivity index (χ2v) is 4.74. The van der Waals surface area contributed by atoms with Crippen LogP contribution in [0.15, 0.2) is 0 Å². The normalized spacial score (nSPS) is 15.7. The van der Waals surface area contributed by atoms with Crippen molar-refractivity contribution >= 4 is 12.0 Å². The van der Waals surface area contributed by atoms with E-state index in [1.807, 2.05) is 0 Å². The van der Waals surface area contributed by atoms with Crippen LogP contribution in [0.4, 0.5) is 4.79 Å². The number of hydrogen-bond donors (Lipinski definition) is 2. The molecular weight excluding hydrogens is 208 g/mol. The molecule has 0 atom stereocenters. The standard InChI is InChI=1S/C11H20N2O3/c1-4-13(11(2,3)9(14)15)10(16)12-7-8-5-6-8/h8H,4-7H2,1-3H3,(H,12,16)(H,14,15). The Hall–Kier alpha value is -1.26. The third kappa shape index (κ3) is 2.87. The quantitative estimate of drug-likeness (QED) is 0.745. The maximum atomic E-state index is 11.8. The summed E-state index contributed by atoms with van der Waals surface area (Å²) in [5.41, 5.74) is -1.16. The third-order valence-electron chi connectivity index (χ3n) is 3.00. The fourth-order valence-corrected chi connectivity index (χ4v) is 1.56. The van der Waals surface area contributed by atoms with E-state index in [1.165, 1.54) is 18.7 Å². The van der Waals surface area contributed by atoms with E-state index in [2.05, 4.69) is 5.32 Å². The predicted octanol–water partition coefficient (Wildman–Crippen LogP) is 1.29. The summed E-state index contributed by atoms with van der Waals surface area (Å²) in [7, 11) is 0.